The number of methoxy groups -OCH3 is 1. The largest absolute Gasteiger partial charge is 0.493 e. The molecule has 114 valence electrons. The van der Waals surface area contributed by atoms with Crippen LogP contribution in [0, 0.1) is 11.3 Å². The Balaban J connectivity index is 2.58. The van der Waals surface area contributed by atoms with Crippen LogP contribution < -0.4 is 20.5 Å². The summed E-state index contributed by atoms with van der Waals surface area (Å²) in [6.07, 6.45) is 1.02. The fourth-order valence-corrected chi connectivity index (χ4v) is 1.78. The van der Waals surface area contributed by atoms with E-state index in [-0.39, 0.29) is 25.0 Å². The number of nitriles is 1. The second kappa shape index (κ2) is 8.82. The van der Waals surface area contributed by atoms with E-state index >= 15 is 0 Å². The van der Waals surface area contributed by atoms with Crippen molar-refractivity contribution in [2.24, 2.45) is 5.73 Å². The van der Waals surface area contributed by atoms with Gasteiger partial charge in [-0.05, 0) is 31.0 Å². The van der Waals surface area contributed by atoms with Crippen molar-refractivity contribution in [3.8, 4) is 17.6 Å². The third-order valence-corrected chi connectivity index (χ3v) is 2.70. The molecular weight excluding hydrogens is 270 g/mol. The van der Waals surface area contributed by atoms with E-state index in [0.717, 1.165) is 12.0 Å². The molecule has 1 aromatic rings. The second-order valence-electron chi connectivity index (χ2n) is 4.71. The monoisotopic (exact) mass is 291 g/mol. The molecule has 0 heterocycles. The zero-order chi connectivity index (χ0) is 15.7. The highest BCUT2D eigenvalue weighted by Gasteiger charge is 2.09. The van der Waals surface area contributed by atoms with Crippen molar-refractivity contribution in [2.75, 3.05) is 20.3 Å². The molecule has 0 aromatic heterocycles. The Kier molecular flexibility index (Phi) is 7.05. The van der Waals surface area contributed by atoms with Crippen molar-refractivity contribution in [2.45, 2.75) is 25.8 Å². The van der Waals surface area contributed by atoms with E-state index in [0.29, 0.717) is 18.0 Å². The van der Waals surface area contributed by atoms with Crippen LogP contribution in [0.3, 0.4) is 0 Å². The van der Waals surface area contributed by atoms with Crippen LogP contribution in [0.25, 0.3) is 0 Å². The van der Waals surface area contributed by atoms with E-state index in [1.54, 1.807) is 13.2 Å². The predicted octanol–water partition coefficient (Wildman–Crippen LogP) is 0.994. The van der Waals surface area contributed by atoms with Crippen molar-refractivity contribution in [1.29, 1.82) is 5.26 Å². The minimum Gasteiger partial charge on any atom is -0.493 e. The van der Waals surface area contributed by atoms with Crippen molar-refractivity contribution < 1.29 is 14.3 Å². The molecule has 1 atom stereocenters. The number of hydrogen-bond acceptors (Lipinski definition) is 5. The van der Waals surface area contributed by atoms with Gasteiger partial charge in [0.05, 0.1) is 19.6 Å². The summed E-state index contributed by atoms with van der Waals surface area (Å²) in [6.45, 7) is 2.14. The van der Waals surface area contributed by atoms with Gasteiger partial charge in [0, 0.05) is 12.6 Å². The number of hydrogen-bond donors (Lipinski definition) is 2. The number of benzene rings is 1. The molecule has 0 aliphatic rings. The van der Waals surface area contributed by atoms with E-state index in [2.05, 4.69) is 5.32 Å². The average molecular weight is 291 g/mol. The Morgan fingerprint density at radius 3 is 2.86 bits per heavy atom. The number of ether oxygens (including phenoxy) is 2. The number of carbonyl (C=O) groups excluding carboxylic acids is 1. The van der Waals surface area contributed by atoms with Crippen molar-refractivity contribution >= 4 is 5.91 Å². The molecule has 1 amide bonds. The Hall–Kier alpha value is -2.26. The van der Waals surface area contributed by atoms with Crippen LogP contribution in [0.15, 0.2) is 18.2 Å². The Bertz CT molecular complexity index is 509. The van der Waals surface area contributed by atoms with Gasteiger partial charge in [-0.2, -0.15) is 5.26 Å². The van der Waals surface area contributed by atoms with Gasteiger partial charge in [0.25, 0.3) is 5.91 Å². The van der Waals surface area contributed by atoms with E-state index in [1.807, 2.05) is 25.1 Å². The maximum absolute atomic E-state index is 11.5. The SMILES string of the molecule is COc1cc(CC(C)N)ccc1OCC(=O)NCCC#N. The molecule has 3 N–H and O–H groups in total. The van der Waals surface area contributed by atoms with Crippen molar-refractivity contribution in [3.05, 3.63) is 23.8 Å². The quantitative estimate of drug-likeness (QED) is 0.696. The van der Waals surface area contributed by atoms with E-state index in [9.17, 15) is 4.79 Å². The molecule has 1 aromatic carbocycles. The Morgan fingerprint density at radius 1 is 1.48 bits per heavy atom. The summed E-state index contributed by atoms with van der Waals surface area (Å²) in [5, 5.41) is 11.0. The molecule has 6 nitrogen and oxygen atoms in total. The van der Waals surface area contributed by atoms with Gasteiger partial charge in [0.15, 0.2) is 18.1 Å². The third-order valence-electron chi connectivity index (χ3n) is 2.70. The number of amides is 1. The van der Waals surface area contributed by atoms with Crippen LogP contribution in [0.1, 0.15) is 18.9 Å². The van der Waals surface area contributed by atoms with E-state index in [1.165, 1.54) is 0 Å². The van der Waals surface area contributed by atoms with Crippen LogP contribution in [0.4, 0.5) is 0 Å². The van der Waals surface area contributed by atoms with Crippen molar-refractivity contribution in [3.63, 3.8) is 0 Å². The molecule has 0 bridgehead atoms. The number of nitrogens with zero attached hydrogens (tertiary/aromatic N) is 1. The van der Waals surface area contributed by atoms with Gasteiger partial charge in [0.2, 0.25) is 0 Å². The number of carbonyl (C=O) groups is 1. The minimum atomic E-state index is -0.271. The van der Waals surface area contributed by atoms with Crippen LogP contribution in [0.2, 0.25) is 0 Å². The first-order valence-electron chi connectivity index (χ1n) is 6.75. The molecule has 0 radical (unpaired) electrons. The Labute approximate surface area is 124 Å². The highest BCUT2D eigenvalue weighted by Crippen LogP contribution is 2.28. The topological polar surface area (TPSA) is 97.4 Å². The van der Waals surface area contributed by atoms with Gasteiger partial charge in [-0.25, -0.2) is 0 Å². The maximum atomic E-state index is 11.5. The van der Waals surface area contributed by atoms with Crippen LogP contribution in [-0.4, -0.2) is 32.2 Å². The fraction of sp³-hybridized carbons (Fsp3) is 0.467. The van der Waals surface area contributed by atoms with Gasteiger partial charge in [-0.1, -0.05) is 6.07 Å². The number of rotatable bonds is 8. The van der Waals surface area contributed by atoms with E-state index in [4.69, 9.17) is 20.5 Å². The lowest BCUT2D eigenvalue weighted by Gasteiger charge is -2.13. The van der Waals surface area contributed by atoms with Gasteiger partial charge in [-0.15, -0.1) is 0 Å². The van der Waals surface area contributed by atoms with Crippen LogP contribution >= 0.6 is 0 Å². The highest BCUT2D eigenvalue weighted by molar-refractivity contribution is 5.77. The number of nitrogens with one attached hydrogen (secondary N) is 1. The first-order chi connectivity index (χ1) is 10.1. The first-order valence-corrected chi connectivity index (χ1v) is 6.75. The molecular formula is C15H21N3O3. The summed E-state index contributed by atoms with van der Waals surface area (Å²) in [6, 6.07) is 7.53. The van der Waals surface area contributed by atoms with Gasteiger partial charge < -0.3 is 20.5 Å². The lowest BCUT2D eigenvalue weighted by Crippen LogP contribution is -2.29. The summed E-state index contributed by atoms with van der Waals surface area (Å²) >= 11 is 0. The van der Waals surface area contributed by atoms with Crippen LogP contribution in [0.5, 0.6) is 11.5 Å². The molecule has 1 unspecified atom stereocenters. The van der Waals surface area contributed by atoms with Gasteiger partial charge in [-0.3, -0.25) is 4.79 Å². The fourth-order valence-electron chi connectivity index (χ4n) is 1.78. The van der Waals surface area contributed by atoms with Crippen molar-refractivity contribution in [1.82, 2.24) is 5.32 Å². The molecule has 0 fully saturated rings. The molecule has 0 saturated heterocycles. The molecule has 0 aliphatic carbocycles. The minimum absolute atomic E-state index is 0.0624. The number of nitrogens with two attached hydrogens (primary N) is 1. The van der Waals surface area contributed by atoms with Crippen LogP contribution in [-0.2, 0) is 11.2 Å². The zero-order valence-electron chi connectivity index (χ0n) is 12.4. The lowest BCUT2D eigenvalue weighted by atomic mass is 10.1. The lowest BCUT2D eigenvalue weighted by molar-refractivity contribution is -0.123. The molecule has 6 heteroatoms. The Morgan fingerprint density at radius 2 is 2.24 bits per heavy atom. The molecule has 1 rings (SSSR count). The van der Waals surface area contributed by atoms with Gasteiger partial charge in [0.1, 0.15) is 0 Å². The summed E-state index contributed by atoms with van der Waals surface area (Å²) in [5.41, 5.74) is 6.81. The van der Waals surface area contributed by atoms with E-state index < -0.39 is 0 Å². The summed E-state index contributed by atoms with van der Waals surface area (Å²) in [7, 11) is 1.55. The zero-order valence-corrected chi connectivity index (χ0v) is 12.4. The van der Waals surface area contributed by atoms with Gasteiger partial charge >= 0.3 is 0 Å². The highest BCUT2D eigenvalue weighted by atomic mass is 16.5. The molecule has 0 saturated carbocycles. The molecule has 21 heavy (non-hydrogen) atoms. The third kappa shape index (κ3) is 6.15. The standard InChI is InChI=1S/C15H21N3O3/c1-11(17)8-12-4-5-13(14(9-12)20-2)21-10-15(19)18-7-3-6-16/h4-5,9,11H,3,7-8,10,17H2,1-2H3,(H,18,19). The second-order valence-corrected chi connectivity index (χ2v) is 4.71. The smallest absolute Gasteiger partial charge is 0.257 e. The molecule has 0 aliphatic heterocycles. The maximum Gasteiger partial charge on any atom is 0.257 e. The average Bonchev–Trinajstić information content (AvgIpc) is 2.45. The predicted molar refractivity (Wildman–Crippen MR) is 79.1 cm³/mol. The summed E-state index contributed by atoms with van der Waals surface area (Å²) < 4.78 is 10.7. The molecule has 0 spiro atoms. The summed E-state index contributed by atoms with van der Waals surface area (Å²) in [4.78, 5) is 11.5. The first kappa shape index (κ1) is 16.8. The summed E-state index contributed by atoms with van der Waals surface area (Å²) in [5.74, 6) is 0.797. The normalized spacial score (nSPS) is 11.3.